The second-order valence-corrected chi connectivity index (χ2v) is 4.07. The first-order valence-corrected chi connectivity index (χ1v) is 5.38. The van der Waals surface area contributed by atoms with E-state index in [0.29, 0.717) is 5.56 Å². The molecule has 0 radical (unpaired) electrons. The number of nitrogens with one attached hydrogen (secondary N) is 1. The van der Waals surface area contributed by atoms with Gasteiger partial charge in [-0.1, -0.05) is 17.7 Å². The molecule has 0 saturated carbocycles. The highest BCUT2D eigenvalue weighted by Crippen LogP contribution is 2.27. The number of aromatic hydroxyl groups is 1. The van der Waals surface area contributed by atoms with Crippen molar-refractivity contribution >= 4 is 17.5 Å². The summed E-state index contributed by atoms with van der Waals surface area (Å²) in [5, 5.41) is 31.3. The number of phenols is 1. The van der Waals surface area contributed by atoms with Gasteiger partial charge in [0.15, 0.2) is 0 Å². The Bertz CT molecular complexity index is 410. The van der Waals surface area contributed by atoms with Gasteiger partial charge in [-0.05, 0) is 17.7 Å². The molecule has 0 spiro atoms. The van der Waals surface area contributed by atoms with E-state index in [1.165, 1.54) is 25.1 Å². The number of amides is 1. The smallest absolute Gasteiger partial charge is 0.216 e. The summed E-state index contributed by atoms with van der Waals surface area (Å²) in [5.41, 5.74) is 0.324. The molecule has 2 atom stereocenters. The van der Waals surface area contributed by atoms with Crippen molar-refractivity contribution < 1.29 is 20.1 Å². The molecule has 0 bridgehead atoms. The molecule has 0 aliphatic carbocycles. The van der Waals surface area contributed by atoms with Crippen LogP contribution < -0.4 is 5.32 Å². The number of carbonyl (C=O) groups is 1. The number of phenolic OH excluding ortho intramolecular Hbond substituents is 1. The quantitative estimate of drug-likeness (QED) is 0.637. The van der Waals surface area contributed by atoms with E-state index in [9.17, 15) is 20.1 Å². The number of aliphatic hydroxyl groups is 2. The van der Waals surface area contributed by atoms with Crippen molar-refractivity contribution in [2.24, 2.45) is 0 Å². The molecule has 6 heteroatoms. The van der Waals surface area contributed by atoms with Gasteiger partial charge in [0, 0.05) is 13.5 Å². The maximum Gasteiger partial charge on any atom is 0.216 e. The summed E-state index contributed by atoms with van der Waals surface area (Å²) in [4.78, 5) is 10.6. The average molecular weight is 260 g/mol. The maximum atomic E-state index is 10.6. The zero-order chi connectivity index (χ0) is 13.0. The lowest BCUT2D eigenvalue weighted by molar-refractivity contribution is -0.119. The molecule has 0 fully saturated rings. The normalized spacial score (nSPS) is 14.1. The SMILES string of the molecule is CC(=O)NCC(O)C(O)c1ccc(Cl)c(O)c1. The fraction of sp³-hybridized carbons (Fsp3) is 0.364. The van der Waals surface area contributed by atoms with Crippen molar-refractivity contribution in [1.29, 1.82) is 0 Å². The molecule has 0 aliphatic heterocycles. The minimum atomic E-state index is -1.20. The highest BCUT2D eigenvalue weighted by atomic mass is 35.5. The van der Waals surface area contributed by atoms with Crippen molar-refractivity contribution in [2.45, 2.75) is 19.1 Å². The van der Waals surface area contributed by atoms with Crippen LogP contribution in [0.25, 0.3) is 0 Å². The van der Waals surface area contributed by atoms with Crippen molar-refractivity contribution in [3.05, 3.63) is 28.8 Å². The van der Waals surface area contributed by atoms with Gasteiger partial charge in [0.05, 0.1) is 5.02 Å². The highest BCUT2D eigenvalue weighted by Gasteiger charge is 2.19. The molecule has 0 heterocycles. The molecule has 17 heavy (non-hydrogen) atoms. The Morgan fingerprint density at radius 2 is 2.12 bits per heavy atom. The molecule has 4 N–H and O–H groups in total. The largest absolute Gasteiger partial charge is 0.506 e. The Labute approximate surface area is 104 Å². The van der Waals surface area contributed by atoms with Gasteiger partial charge in [-0.15, -0.1) is 0 Å². The lowest BCUT2D eigenvalue weighted by Gasteiger charge is -2.18. The van der Waals surface area contributed by atoms with E-state index in [4.69, 9.17) is 11.6 Å². The number of hydrogen-bond acceptors (Lipinski definition) is 4. The molecule has 1 aromatic carbocycles. The maximum absolute atomic E-state index is 10.6. The van der Waals surface area contributed by atoms with Crippen LogP contribution in [0.4, 0.5) is 0 Å². The van der Waals surface area contributed by atoms with Gasteiger partial charge in [0.1, 0.15) is 18.0 Å². The summed E-state index contributed by atoms with van der Waals surface area (Å²) in [7, 11) is 0. The van der Waals surface area contributed by atoms with Gasteiger partial charge in [-0.3, -0.25) is 4.79 Å². The molecule has 2 unspecified atom stereocenters. The van der Waals surface area contributed by atoms with Gasteiger partial charge in [-0.25, -0.2) is 0 Å². The third-order valence-electron chi connectivity index (χ3n) is 2.24. The number of rotatable bonds is 4. The summed E-state index contributed by atoms with van der Waals surface area (Å²) < 4.78 is 0. The lowest BCUT2D eigenvalue weighted by Crippen LogP contribution is -2.34. The fourth-order valence-electron chi connectivity index (χ4n) is 1.30. The monoisotopic (exact) mass is 259 g/mol. The van der Waals surface area contributed by atoms with Gasteiger partial charge in [-0.2, -0.15) is 0 Å². The van der Waals surface area contributed by atoms with Crippen molar-refractivity contribution in [2.75, 3.05) is 6.54 Å². The van der Waals surface area contributed by atoms with E-state index >= 15 is 0 Å². The Kier molecular flexibility index (Phi) is 4.74. The first-order valence-electron chi connectivity index (χ1n) is 5.00. The number of hydrogen-bond donors (Lipinski definition) is 4. The Morgan fingerprint density at radius 3 is 2.65 bits per heavy atom. The summed E-state index contributed by atoms with van der Waals surface area (Å²) in [5.74, 6) is -0.467. The molecule has 0 aliphatic rings. The molecule has 1 amide bonds. The summed E-state index contributed by atoms with van der Waals surface area (Å²) in [6.45, 7) is 1.24. The lowest BCUT2D eigenvalue weighted by atomic mass is 10.0. The zero-order valence-corrected chi connectivity index (χ0v) is 9.98. The number of benzene rings is 1. The van der Waals surface area contributed by atoms with Crippen LogP contribution >= 0.6 is 11.6 Å². The van der Waals surface area contributed by atoms with Crippen LogP contribution in [0.5, 0.6) is 5.75 Å². The van der Waals surface area contributed by atoms with Crippen LogP contribution in [0.2, 0.25) is 5.02 Å². The predicted molar refractivity (Wildman–Crippen MR) is 62.8 cm³/mol. The summed E-state index contributed by atoms with van der Waals surface area (Å²) in [6, 6.07) is 4.17. The van der Waals surface area contributed by atoms with E-state index in [1.807, 2.05) is 0 Å². The molecule has 5 nitrogen and oxygen atoms in total. The van der Waals surface area contributed by atoms with E-state index in [-0.39, 0.29) is 23.2 Å². The summed E-state index contributed by atoms with van der Waals surface area (Å²) >= 11 is 5.62. The van der Waals surface area contributed by atoms with E-state index in [0.717, 1.165) is 0 Å². The first kappa shape index (κ1) is 13.8. The van der Waals surface area contributed by atoms with Gasteiger partial charge >= 0.3 is 0 Å². The third kappa shape index (κ3) is 3.89. The third-order valence-corrected chi connectivity index (χ3v) is 2.56. The van der Waals surface area contributed by atoms with Gasteiger partial charge in [0.25, 0.3) is 0 Å². The van der Waals surface area contributed by atoms with Crippen LogP contribution in [0.15, 0.2) is 18.2 Å². The van der Waals surface area contributed by atoms with Crippen LogP contribution in [-0.4, -0.2) is 33.9 Å². The minimum absolute atomic E-state index is 0.0696. The molecule has 94 valence electrons. The molecule has 0 saturated heterocycles. The minimum Gasteiger partial charge on any atom is -0.506 e. The van der Waals surface area contributed by atoms with Crippen LogP contribution in [0, 0.1) is 0 Å². The molecule has 1 aromatic rings. The predicted octanol–water partition coefficient (Wildman–Crippen LogP) is 0.576. The Morgan fingerprint density at radius 1 is 1.47 bits per heavy atom. The second-order valence-electron chi connectivity index (χ2n) is 3.66. The molecule has 0 aromatic heterocycles. The Balaban J connectivity index is 2.70. The van der Waals surface area contributed by atoms with Crippen LogP contribution in [0.3, 0.4) is 0 Å². The molecule has 1 rings (SSSR count). The topological polar surface area (TPSA) is 89.8 Å². The number of carbonyl (C=O) groups excluding carboxylic acids is 1. The molecular weight excluding hydrogens is 246 g/mol. The van der Waals surface area contributed by atoms with Gasteiger partial charge in [0.2, 0.25) is 5.91 Å². The van der Waals surface area contributed by atoms with Crippen LogP contribution in [0.1, 0.15) is 18.6 Å². The van der Waals surface area contributed by atoms with Crippen molar-refractivity contribution in [3.63, 3.8) is 0 Å². The fourth-order valence-corrected chi connectivity index (χ4v) is 1.41. The summed E-state index contributed by atoms with van der Waals surface area (Å²) in [6.07, 6.45) is -2.36. The highest BCUT2D eigenvalue weighted by molar-refractivity contribution is 6.32. The van der Waals surface area contributed by atoms with E-state index in [2.05, 4.69) is 5.32 Å². The first-order chi connectivity index (χ1) is 7.91. The number of halogens is 1. The number of aliphatic hydroxyl groups excluding tert-OH is 2. The zero-order valence-electron chi connectivity index (χ0n) is 9.22. The van der Waals surface area contributed by atoms with E-state index < -0.39 is 12.2 Å². The Hall–Kier alpha value is -1.30. The van der Waals surface area contributed by atoms with E-state index in [1.54, 1.807) is 0 Å². The van der Waals surface area contributed by atoms with Crippen molar-refractivity contribution in [1.82, 2.24) is 5.32 Å². The van der Waals surface area contributed by atoms with Gasteiger partial charge < -0.3 is 20.6 Å². The van der Waals surface area contributed by atoms with Crippen LogP contribution in [-0.2, 0) is 4.79 Å². The second kappa shape index (κ2) is 5.86. The average Bonchev–Trinajstić information content (AvgIpc) is 2.28. The standard InChI is InChI=1S/C11H14ClNO4/c1-6(14)13-5-10(16)11(17)7-2-3-8(12)9(15)4-7/h2-4,10-11,15-17H,5H2,1H3,(H,13,14). The van der Waals surface area contributed by atoms with Crippen molar-refractivity contribution in [3.8, 4) is 5.75 Å². The molecular formula is C11H14ClNO4.